The van der Waals surface area contributed by atoms with Gasteiger partial charge in [-0.25, -0.2) is 8.78 Å². The van der Waals surface area contributed by atoms with Gasteiger partial charge in [-0.1, -0.05) is 70.9 Å². The lowest BCUT2D eigenvalue weighted by molar-refractivity contribution is 0.341. The topological polar surface area (TPSA) is 29.5 Å². The summed E-state index contributed by atoms with van der Waals surface area (Å²) in [5.74, 6) is -6.59. The number of rotatable bonds is 9. The van der Waals surface area contributed by atoms with Crippen LogP contribution in [0.1, 0.15) is 132 Å². The summed E-state index contributed by atoms with van der Waals surface area (Å²) in [6, 6.07) is 4.30. The van der Waals surface area contributed by atoms with Crippen molar-refractivity contribution in [2.45, 2.75) is 120 Å². The molecular weight excluding hydrogens is 500 g/mol. The van der Waals surface area contributed by atoms with Crippen molar-refractivity contribution < 1.29 is 26.9 Å². The van der Waals surface area contributed by atoms with Crippen molar-refractivity contribution >= 4 is 12.0 Å². The number of hydrogen-bond acceptors (Lipinski definition) is 3. The molecule has 0 bridgehead atoms. The Balaban J connectivity index is 1.92. The largest absolute Gasteiger partial charge is 0.450 e. The molecule has 0 heterocycles. The number of ether oxygens (including phenoxy) is 1. The van der Waals surface area contributed by atoms with Gasteiger partial charge in [0.15, 0.2) is 11.6 Å². The Morgan fingerprint density at radius 3 is 1.89 bits per heavy atom. The van der Waals surface area contributed by atoms with E-state index >= 15 is 8.78 Å². The fourth-order valence-electron chi connectivity index (χ4n) is 6.30. The third-order valence-corrected chi connectivity index (χ3v) is 8.88. The van der Waals surface area contributed by atoms with Gasteiger partial charge in [-0.05, 0) is 73.0 Å². The van der Waals surface area contributed by atoms with E-state index < -0.39 is 33.9 Å². The molecule has 2 aromatic rings. The second kappa shape index (κ2) is 12.9. The summed E-state index contributed by atoms with van der Waals surface area (Å²) < 4.78 is 74.4. The van der Waals surface area contributed by atoms with Crippen LogP contribution in [-0.2, 0) is 0 Å². The maximum atomic E-state index is 15.1. The van der Waals surface area contributed by atoms with Crippen LogP contribution in [0, 0.1) is 23.3 Å². The minimum Gasteiger partial charge on any atom is -0.450 e. The van der Waals surface area contributed by atoms with Crippen LogP contribution in [-0.4, -0.2) is 4.55 Å². The Bertz CT molecular complexity index is 1020. The average molecular weight is 539 g/mol. The normalized spacial score (nSPS) is 18.2. The van der Waals surface area contributed by atoms with E-state index in [9.17, 15) is 8.78 Å². The summed E-state index contributed by atoms with van der Waals surface area (Å²) in [4.78, 5) is -1.11. The zero-order valence-corrected chi connectivity index (χ0v) is 22.7. The zero-order chi connectivity index (χ0) is 26.5. The van der Waals surface area contributed by atoms with Gasteiger partial charge in [0.2, 0.25) is 17.4 Å². The summed E-state index contributed by atoms with van der Waals surface area (Å²) in [7, 11) is 0. The standard InChI is InChI=1S/C30H38F4O2S/c1-3-11-18(4-2)22-16-21(19-12-7-5-8-13-19)17-23(20-14-9-6-10-15-20)28(22)36-29-24(31)26(33)30(37-35)27(34)25(29)32/h16-20,35H,3-15H2,1-2H3. The van der Waals surface area contributed by atoms with Crippen LogP contribution in [0.15, 0.2) is 17.0 Å². The molecule has 1 atom stereocenters. The van der Waals surface area contributed by atoms with Crippen LogP contribution < -0.4 is 4.74 Å². The molecule has 2 nitrogen and oxygen atoms in total. The first-order valence-corrected chi connectivity index (χ1v) is 14.7. The van der Waals surface area contributed by atoms with Gasteiger partial charge in [-0.2, -0.15) is 8.78 Å². The molecule has 204 valence electrons. The van der Waals surface area contributed by atoms with Crippen LogP contribution in [0.25, 0.3) is 0 Å². The van der Waals surface area contributed by atoms with Crippen molar-refractivity contribution in [2.75, 3.05) is 0 Å². The van der Waals surface area contributed by atoms with Crippen molar-refractivity contribution in [3.8, 4) is 11.5 Å². The molecule has 0 spiro atoms. The molecule has 0 aromatic heterocycles. The second-order valence-corrected chi connectivity index (χ2v) is 11.3. The first-order chi connectivity index (χ1) is 17.9. The van der Waals surface area contributed by atoms with Gasteiger partial charge < -0.3 is 9.29 Å². The van der Waals surface area contributed by atoms with E-state index in [1.165, 1.54) is 24.8 Å². The second-order valence-electron chi connectivity index (χ2n) is 10.7. The van der Waals surface area contributed by atoms with Crippen molar-refractivity contribution in [3.05, 3.63) is 52.1 Å². The van der Waals surface area contributed by atoms with E-state index in [1.807, 2.05) is 0 Å². The lowest BCUT2D eigenvalue weighted by atomic mass is 9.76. The van der Waals surface area contributed by atoms with Crippen LogP contribution in [0.3, 0.4) is 0 Å². The number of hydrogen-bond donors (Lipinski definition) is 1. The van der Waals surface area contributed by atoms with Gasteiger partial charge >= 0.3 is 0 Å². The van der Waals surface area contributed by atoms with Crippen LogP contribution in [0.2, 0.25) is 0 Å². The Morgan fingerprint density at radius 2 is 1.38 bits per heavy atom. The van der Waals surface area contributed by atoms with Gasteiger partial charge in [0.05, 0.1) is 0 Å². The molecule has 1 unspecified atom stereocenters. The minimum atomic E-state index is -1.65. The molecule has 2 aliphatic carbocycles. The lowest BCUT2D eigenvalue weighted by Gasteiger charge is -2.31. The quantitative estimate of drug-likeness (QED) is 0.196. The summed E-state index contributed by atoms with van der Waals surface area (Å²) >= 11 is -0.358. The highest BCUT2D eigenvalue weighted by atomic mass is 32.2. The highest BCUT2D eigenvalue weighted by molar-refractivity contribution is 7.93. The highest BCUT2D eigenvalue weighted by Crippen LogP contribution is 2.48. The highest BCUT2D eigenvalue weighted by Gasteiger charge is 2.32. The Kier molecular flexibility index (Phi) is 9.84. The Morgan fingerprint density at radius 1 is 0.811 bits per heavy atom. The van der Waals surface area contributed by atoms with Gasteiger partial charge in [0, 0.05) is 12.0 Å². The third kappa shape index (κ3) is 5.98. The number of benzene rings is 2. The van der Waals surface area contributed by atoms with Gasteiger partial charge in [-0.3, -0.25) is 0 Å². The summed E-state index contributed by atoms with van der Waals surface area (Å²) in [6.07, 6.45) is 13.6. The van der Waals surface area contributed by atoms with Crippen molar-refractivity contribution in [2.24, 2.45) is 0 Å². The summed E-state index contributed by atoms with van der Waals surface area (Å²) in [5, 5.41) is 0. The molecule has 0 aliphatic heterocycles. The summed E-state index contributed by atoms with van der Waals surface area (Å²) in [5.41, 5.74) is 3.04. The van der Waals surface area contributed by atoms with Crippen LogP contribution in [0.4, 0.5) is 17.6 Å². The molecule has 2 saturated carbocycles. The van der Waals surface area contributed by atoms with E-state index in [-0.39, 0.29) is 23.9 Å². The molecule has 0 radical (unpaired) electrons. The average Bonchev–Trinajstić information content (AvgIpc) is 2.94. The Labute approximate surface area is 222 Å². The van der Waals surface area contributed by atoms with E-state index in [0.717, 1.165) is 75.3 Å². The van der Waals surface area contributed by atoms with Crippen LogP contribution in [0.5, 0.6) is 11.5 Å². The molecule has 0 saturated heterocycles. The third-order valence-electron chi connectivity index (χ3n) is 8.34. The summed E-state index contributed by atoms with van der Waals surface area (Å²) in [6.45, 7) is 4.19. The molecule has 37 heavy (non-hydrogen) atoms. The fourth-order valence-corrected chi connectivity index (χ4v) is 6.64. The maximum Gasteiger partial charge on any atom is 0.205 e. The predicted octanol–water partition coefficient (Wildman–Crippen LogP) is 11.0. The van der Waals surface area contributed by atoms with Crippen LogP contribution >= 0.6 is 12.0 Å². The fraction of sp³-hybridized carbons (Fsp3) is 0.600. The smallest absolute Gasteiger partial charge is 0.205 e. The molecule has 7 heteroatoms. The molecule has 4 rings (SSSR count). The molecular formula is C30H38F4O2S. The lowest BCUT2D eigenvalue weighted by Crippen LogP contribution is -2.14. The molecule has 2 fully saturated rings. The van der Waals surface area contributed by atoms with Crippen molar-refractivity contribution in [1.29, 1.82) is 0 Å². The van der Waals surface area contributed by atoms with Gasteiger partial charge in [0.1, 0.15) is 10.6 Å². The van der Waals surface area contributed by atoms with E-state index in [4.69, 9.17) is 9.29 Å². The number of halogens is 4. The maximum absolute atomic E-state index is 15.1. The molecule has 0 amide bonds. The Hall–Kier alpha value is -1.73. The SMILES string of the molecule is CCCC(CC)c1cc(C2CCCCC2)cc(C2CCCCC2)c1Oc1c(F)c(F)c(SO)c(F)c1F. The first kappa shape index (κ1) is 28.3. The van der Waals surface area contributed by atoms with E-state index in [0.29, 0.717) is 11.7 Å². The minimum absolute atomic E-state index is 0.0963. The molecule has 2 aromatic carbocycles. The predicted molar refractivity (Wildman–Crippen MR) is 141 cm³/mol. The van der Waals surface area contributed by atoms with Gasteiger partial charge in [0.25, 0.3) is 0 Å². The first-order valence-electron chi connectivity index (χ1n) is 13.9. The zero-order valence-electron chi connectivity index (χ0n) is 21.9. The van der Waals surface area contributed by atoms with Crippen molar-refractivity contribution in [1.82, 2.24) is 0 Å². The van der Waals surface area contributed by atoms with E-state index in [1.54, 1.807) is 0 Å². The van der Waals surface area contributed by atoms with E-state index in [2.05, 4.69) is 26.0 Å². The van der Waals surface area contributed by atoms with Crippen molar-refractivity contribution in [3.63, 3.8) is 0 Å². The molecule has 1 N–H and O–H groups in total. The molecule has 2 aliphatic rings. The van der Waals surface area contributed by atoms with Gasteiger partial charge in [-0.15, -0.1) is 0 Å². The monoisotopic (exact) mass is 538 g/mol.